The molecule has 7 heteroatoms. The van der Waals surface area contributed by atoms with Gasteiger partial charge in [-0.15, -0.1) is 0 Å². The second-order valence-corrected chi connectivity index (χ2v) is 6.43. The average molecular weight is 376 g/mol. The van der Waals surface area contributed by atoms with Gasteiger partial charge in [0.25, 0.3) is 0 Å². The molecule has 0 unspecified atom stereocenters. The molecule has 0 aromatic heterocycles. The predicted octanol–water partition coefficient (Wildman–Crippen LogP) is 2.77. The molecule has 2 N–H and O–H groups in total. The highest BCUT2D eigenvalue weighted by molar-refractivity contribution is 7.80. The van der Waals surface area contributed by atoms with Crippen molar-refractivity contribution in [3.05, 3.63) is 58.9 Å². The van der Waals surface area contributed by atoms with Gasteiger partial charge in [0, 0.05) is 24.2 Å². The van der Waals surface area contributed by atoms with Crippen molar-refractivity contribution >= 4 is 17.3 Å². The van der Waals surface area contributed by atoms with Crippen LogP contribution in [0, 0.1) is 5.82 Å². The second-order valence-electron chi connectivity index (χ2n) is 6.04. The van der Waals surface area contributed by atoms with Crippen LogP contribution >= 0.6 is 12.2 Å². The number of nitrogens with zero attached hydrogens (tertiary/aromatic N) is 1. The zero-order valence-corrected chi connectivity index (χ0v) is 15.5. The summed E-state index contributed by atoms with van der Waals surface area (Å²) in [5.41, 5.74) is 2.52. The molecule has 1 aliphatic rings. The standard InChI is InChI=1S/C19H21FN2O3S/c1-24-16-7-8-17(25-2)18-14(16)10-22(11-15(18)23)19(26)21-9-12-3-5-13(20)6-4-12/h3-8,15,23H,9-11H2,1-2H3,(H,21,26)/t15-/m1/s1. The Balaban J connectivity index is 1.75. The molecule has 138 valence electrons. The first-order valence-electron chi connectivity index (χ1n) is 8.22. The summed E-state index contributed by atoms with van der Waals surface area (Å²) >= 11 is 5.48. The van der Waals surface area contributed by atoms with Gasteiger partial charge in [0.15, 0.2) is 5.11 Å². The topological polar surface area (TPSA) is 54.0 Å². The lowest BCUT2D eigenvalue weighted by Crippen LogP contribution is -2.44. The molecule has 1 heterocycles. The van der Waals surface area contributed by atoms with Gasteiger partial charge in [-0.1, -0.05) is 12.1 Å². The number of aliphatic hydroxyl groups is 1. The summed E-state index contributed by atoms with van der Waals surface area (Å²) in [4.78, 5) is 1.88. The Kier molecular flexibility index (Phi) is 5.58. The first-order chi connectivity index (χ1) is 12.5. The van der Waals surface area contributed by atoms with E-state index in [0.717, 1.165) is 16.7 Å². The summed E-state index contributed by atoms with van der Waals surface area (Å²) in [7, 11) is 3.18. The molecule has 0 fully saturated rings. The average Bonchev–Trinajstić information content (AvgIpc) is 2.66. The van der Waals surface area contributed by atoms with E-state index in [-0.39, 0.29) is 5.82 Å². The van der Waals surface area contributed by atoms with E-state index in [4.69, 9.17) is 21.7 Å². The van der Waals surface area contributed by atoms with Crippen molar-refractivity contribution in [1.29, 1.82) is 0 Å². The lowest BCUT2D eigenvalue weighted by Gasteiger charge is -2.35. The molecule has 5 nitrogen and oxygen atoms in total. The molecule has 0 radical (unpaired) electrons. The van der Waals surface area contributed by atoms with Gasteiger partial charge >= 0.3 is 0 Å². The van der Waals surface area contributed by atoms with E-state index in [1.807, 2.05) is 11.0 Å². The van der Waals surface area contributed by atoms with Crippen LogP contribution in [0.25, 0.3) is 0 Å². The molecule has 0 saturated carbocycles. The first kappa shape index (κ1) is 18.4. The quantitative estimate of drug-likeness (QED) is 0.801. The molecule has 1 aliphatic heterocycles. The molecular weight excluding hydrogens is 355 g/mol. The number of fused-ring (bicyclic) bond motifs is 1. The Labute approximate surface area is 157 Å². The number of methoxy groups -OCH3 is 2. The number of ether oxygens (including phenoxy) is 2. The maximum atomic E-state index is 13.0. The lowest BCUT2D eigenvalue weighted by molar-refractivity contribution is 0.122. The number of halogens is 1. The smallest absolute Gasteiger partial charge is 0.169 e. The van der Waals surface area contributed by atoms with E-state index in [1.54, 1.807) is 32.4 Å². The van der Waals surface area contributed by atoms with Gasteiger partial charge in [-0.2, -0.15) is 0 Å². The van der Waals surface area contributed by atoms with Crippen molar-refractivity contribution in [2.24, 2.45) is 0 Å². The lowest BCUT2D eigenvalue weighted by atomic mass is 9.95. The van der Waals surface area contributed by atoms with Crippen LogP contribution in [0.1, 0.15) is 22.8 Å². The number of hydrogen-bond acceptors (Lipinski definition) is 4. The van der Waals surface area contributed by atoms with E-state index in [2.05, 4.69) is 5.32 Å². The van der Waals surface area contributed by atoms with E-state index in [9.17, 15) is 9.50 Å². The molecule has 3 rings (SSSR count). The minimum atomic E-state index is -0.741. The number of β-amino-alcohol motifs (C(OH)–C–C–N with tert-alkyl or cyclic N) is 1. The van der Waals surface area contributed by atoms with Crippen molar-refractivity contribution in [3.8, 4) is 11.5 Å². The summed E-state index contributed by atoms with van der Waals surface area (Å²) in [5, 5.41) is 14.3. The Morgan fingerprint density at radius 2 is 1.85 bits per heavy atom. The van der Waals surface area contributed by atoms with E-state index < -0.39 is 6.10 Å². The number of benzene rings is 2. The number of rotatable bonds is 4. The zero-order valence-electron chi connectivity index (χ0n) is 14.7. The molecule has 0 aliphatic carbocycles. The number of thiocarbonyl (C=S) groups is 1. The molecule has 0 saturated heterocycles. The van der Waals surface area contributed by atoms with Crippen LogP contribution in [-0.4, -0.2) is 35.9 Å². The van der Waals surface area contributed by atoms with Gasteiger partial charge in [-0.25, -0.2) is 4.39 Å². The van der Waals surface area contributed by atoms with E-state index in [1.165, 1.54) is 12.1 Å². The number of aliphatic hydroxyl groups excluding tert-OH is 1. The molecule has 0 bridgehead atoms. The summed E-state index contributed by atoms with van der Waals surface area (Å²) < 4.78 is 23.8. The van der Waals surface area contributed by atoms with Crippen molar-refractivity contribution in [1.82, 2.24) is 10.2 Å². The van der Waals surface area contributed by atoms with Crippen LogP contribution in [-0.2, 0) is 13.1 Å². The Bertz CT molecular complexity index is 798. The summed E-state index contributed by atoms with van der Waals surface area (Å²) in [6.45, 7) is 1.33. The van der Waals surface area contributed by atoms with Gasteiger partial charge in [0.2, 0.25) is 0 Å². The highest BCUT2D eigenvalue weighted by atomic mass is 32.1. The zero-order chi connectivity index (χ0) is 18.7. The molecule has 1 atom stereocenters. The van der Waals surface area contributed by atoms with Crippen LogP contribution in [0.15, 0.2) is 36.4 Å². The maximum Gasteiger partial charge on any atom is 0.169 e. The fourth-order valence-corrected chi connectivity index (χ4v) is 3.33. The van der Waals surface area contributed by atoms with Crippen LogP contribution < -0.4 is 14.8 Å². The largest absolute Gasteiger partial charge is 0.496 e. The summed E-state index contributed by atoms with van der Waals surface area (Å²) in [6.07, 6.45) is -0.741. The minimum Gasteiger partial charge on any atom is -0.496 e. The van der Waals surface area contributed by atoms with Crippen LogP contribution in [0.3, 0.4) is 0 Å². The third-order valence-electron chi connectivity index (χ3n) is 4.43. The third-order valence-corrected chi connectivity index (χ3v) is 4.84. The monoisotopic (exact) mass is 376 g/mol. The van der Waals surface area contributed by atoms with E-state index in [0.29, 0.717) is 36.2 Å². The molecule has 0 spiro atoms. The third kappa shape index (κ3) is 3.73. The summed E-state index contributed by atoms with van der Waals surface area (Å²) in [6, 6.07) is 9.86. The van der Waals surface area contributed by atoms with Gasteiger partial charge in [-0.3, -0.25) is 0 Å². The first-order valence-corrected chi connectivity index (χ1v) is 8.63. The van der Waals surface area contributed by atoms with Crippen LogP contribution in [0.5, 0.6) is 11.5 Å². The Morgan fingerprint density at radius 1 is 1.19 bits per heavy atom. The highest BCUT2D eigenvalue weighted by Gasteiger charge is 2.30. The SMILES string of the molecule is COc1ccc(OC)c2c1CN(C(=S)NCc1ccc(F)cc1)C[C@H]2O. The van der Waals surface area contributed by atoms with Crippen LogP contribution in [0.4, 0.5) is 4.39 Å². The summed E-state index contributed by atoms with van der Waals surface area (Å²) in [5.74, 6) is 1.05. The van der Waals surface area contributed by atoms with E-state index >= 15 is 0 Å². The van der Waals surface area contributed by atoms with Crippen molar-refractivity contribution in [3.63, 3.8) is 0 Å². The van der Waals surface area contributed by atoms with Crippen molar-refractivity contribution in [2.45, 2.75) is 19.2 Å². The molecule has 0 amide bonds. The molecule has 2 aromatic carbocycles. The van der Waals surface area contributed by atoms with Gasteiger partial charge in [0.1, 0.15) is 23.4 Å². The number of hydrogen-bond donors (Lipinski definition) is 2. The normalized spacial score (nSPS) is 16.0. The van der Waals surface area contributed by atoms with Gasteiger partial charge in [0.05, 0.1) is 20.8 Å². The fraction of sp³-hybridized carbons (Fsp3) is 0.316. The fourth-order valence-electron chi connectivity index (χ4n) is 3.12. The molecule has 2 aromatic rings. The van der Waals surface area contributed by atoms with Gasteiger partial charge < -0.3 is 24.8 Å². The maximum absolute atomic E-state index is 13.0. The van der Waals surface area contributed by atoms with Crippen molar-refractivity contribution < 1.29 is 19.0 Å². The van der Waals surface area contributed by atoms with Crippen LogP contribution in [0.2, 0.25) is 0 Å². The predicted molar refractivity (Wildman–Crippen MR) is 101 cm³/mol. The highest BCUT2D eigenvalue weighted by Crippen LogP contribution is 2.39. The number of nitrogens with one attached hydrogen (secondary N) is 1. The second kappa shape index (κ2) is 7.88. The molecule has 26 heavy (non-hydrogen) atoms. The Hall–Kier alpha value is -2.38. The molecular formula is C19H21FN2O3S. The Morgan fingerprint density at radius 3 is 2.50 bits per heavy atom. The minimum absolute atomic E-state index is 0.270. The van der Waals surface area contributed by atoms with Crippen molar-refractivity contribution in [2.75, 3.05) is 20.8 Å². The van der Waals surface area contributed by atoms with Gasteiger partial charge in [-0.05, 0) is 42.0 Å².